The van der Waals surface area contributed by atoms with Crippen LogP contribution in [0.3, 0.4) is 0 Å². The summed E-state index contributed by atoms with van der Waals surface area (Å²) in [6.07, 6.45) is 0. The molecule has 0 amide bonds. The molecule has 0 unspecified atom stereocenters. The molecule has 0 bridgehead atoms. The molecule has 1 heterocycles. The third kappa shape index (κ3) is 2.23. The fourth-order valence-corrected chi connectivity index (χ4v) is 1.89. The van der Waals surface area contributed by atoms with Crippen LogP contribution in [0.1, 0.15) is 11.3 Å². The molecule has 0 aliphatic rings. The number of halogens is 3. The highest BCUT2D eigenvalue weighted by Crippen LogP contribution is 2.29. The summed E-state index contributed by atoms with van der Waals surface area (Å²) in [6.45, 7) is 1.58. The summed E-state index contributed by atoms with van der Waals surface area (Å²) in [5.74, 6) is -2.39. The average Bonchev–Trinajstić information content (AvgIpc) is 2.35. The van der Waals surface area contributed by atoms with Crippen LogP contribution in [-0.2, 0) is 0 Å². The van der Waals surface area contributed by atoms with Crippen LogP contribution >= 0.6 is 11.6 Å². The maximum atomic E-state index is 13.8. The number of aromatic amines is 1. The Morgan fingerprint density at radius 1 is 1.26 bits per heavy atom. The van der Waals surface area contributed by atoms with Crippen molar-refractivity contribution in [2.45, 2.75) is 6.92 Å². The topological polar surface area (TPSA) is 56.6 Å². The average molecular weight is 281 g/mol. The van der Waals surface area contributed by atoms with E-state index < -0.39 is 17.2 Å². The molecule has 96 valence electrons. The number of pyridine rings is 1. The first-order chi connectivity index (χ1) is 8.95. The molecule has 3 nitrogen and oxygen atoms in total. The first-order valence-electron chi connectivity index (χ1n) is 5.23. The molecule has 0 fully saturated rings. The van der Waals surface area contributed by atoms with Crippen LogP contribution in [0.2, 0.25) is 5.02 Å². The zero-order valence-corrected chi connectivity index (χ0v) is 10.5. The number of H-pyrrole nitrogens is 1. The lowest BCUT2D eigenvalue weighted by Gasteiger charge is -2.08. The predicted molar refractivity (Wildman–Crippen MR) is 66.9 cm³/mol. The Hall–Kier alpha value is -2.19. The van der Waals surface area contributed by atoms with Crippen LogP contribution in [0.25, 0.3) is 11.1 Å². The second kappa shape index (κ2) is 4.82. The number of aryl methyl sites for hydroxylation is 1. The third-order valence-electron chi connectivity index (χ3n) is 2.61. The number of rotatable bonds is 1. The first-order valence-corrected chi connectivity index (χ1v) is 5.61. The summed E-state index contributed by atoms with van der Waals surface area (Å²) >= 11 is 5.46. The minimum Gasteiger partial charge on any atom is -0.325 e. The largest absolute Gasteiger partial charge is 0.325 e. The SMILES string of the molecule is Cc1cc(-c2ccc(Cl)c(F)c2F)c(C#N)c(=O)[nH]1. The van der Waals surface area contributed by atoms with Crippen molar-refractivity contribution < 1.29 is 8.78 Å². The van der Waals surface area contributed by atoms with E-state index in [9.17, 15) is 13.6 Å². The van der Waals surface area contributed by atoms with Crippen LogP contribution in [-0.4, -0.2) is 4.98 Å². The van der Waals surface area contributed by atoms with E-state index >= 15 is 0 Å². The molecule has 0 aliphatic carbocycles. The monoisotopic (exact) mass is 280 g/mol. The smallest absolute Gasteiger partial charge is 0.266 e. The van der Waals surface area contributed by atoms with Crippen molar-refractivity contribution in [3.8, 4) is 17.2 Å². The number of hydrogen-bond acceptors (Lipinski definition) is 2. The lowest BCUT2D eigenvalue weighted by Crippen LogP contribution is -2.13. The van der Waals surface area contributed by atoms with Gasteiger partial charge in [-0.25, -0.2) is 8.78 Å². The van der Waals surface area contributed by atoms with E-state index in [1.165, 1.54) is 18.2 Å². The van der Waals surface area contributed by atoms with Gasteiger partial charge in [0.1, 0.15) is 11.6 Å². The molecule has 1 N–H and O–H groups in total. The number of benzene rings is 1. The quantitative estimate of drug-likeness (QED) is 0.816. The van der Waals surface area contributed by atoms with Gasteiger partial charge in [-0.15, -0.1) is 0 Å². The summed E-state index contributed by atoms with van der Waals surface area (Å²) in [7, 11) is 0. The van der Waals surface area contributed by atoms with Crippen molar-refractivity contribution in [1.29, 1.82) is 5.26 Å². The highest BCUT2D eigenvalue weighted by atomic mass is 35.5. The molecule has 1 aromatic carbocycles. The van der Waals surface area contributed by atoms with Crippen molar-refractivity contribution in [3.05, 3.63) is 56.5 Å². The molecular formula is C13H7ClF2N2O. The number of nitrogens with zero attached hydrogens (tertiary/aromatic N) is 1. The summed E-state index contributed by atoms with van der Waals surface area (Å²) in [5.41, 5.74) is -0.614. The van der Waals surface area contributed by atoms with Crippen LogP contribution in [0.4, 0.5) is 8.78 Å². The highest BCUT2D eigenvalue weighted by Gasteiger charge is 2.18. The first kappa shape index (κ1) is 13.2. The Morgan fingerprint density at radius 2 is 1.95 bits per heavy atom. The van der Waals surface area contributed by atoms with E-state index in [2.05, 4.69) is 4.98 Å². The maximum absolute atomic E-state index is 13.8. The van der Waals surface area contributed by atoms with Gasteiger partial charge in [-0.2, -0.15) is 5.26 Å². The van der Waals surface area contributed by atoms with Crippen molar-refractivity contribution in [2.75, 3.05) is 0 Å². The lowest BCUT2D eigenvalue weighted by molar-refractivity contribution is 0.511. The Balaban J connectivity index is 2.84. The van der Waals surface area contributed by atoms with Gasteiger partial charge in [-0.3, -0.25) is 4.79 Å². The van der Waals surface area contributed by atoms with Crippen LogP contribution in [0.5, 0.6) is 0 Å². The maximum Gasteiger partial charge on any atom is 0.266 e. The Morgan fingerprint density at radius 3 is 2.58 bits per heavy atom. The van der Waals surface area contributed by atoms with E-state index in [0.29, 0.717) is 5.69 Å². The second-order valence-corrected chi connectivity index (χ2v) is 4.31. The summed E-state index contributed by atoms with van der Waals surface area (Å²) in [6, 6.07) is 5.50. The Labute approximate surface area is 112 Å². The normalized spacial score (nSPS) is 10.3. The molecule has 0 aliphatic heterocycles. The molecule has 0 radical (unpaired) electrons. The Kier molecular flexibility index (Phi) is 3.36. The van der Waals surface area contributed by atoms with Crippen LogP contribution < -0.4 is 5.56 Å². The molecular weight excluding hydrogens is 274 g/mol. The summed E-state index contributed by atoms with van der Waals surface area (Å²) in [4.78, 5) is 14.0. The molecule has 0 saturated heterocycles. The molecule has 0 atom stereocenters. The standard InChI is InChI=1S/C13H7ClF2N2O/c1-6-4-8(9(5-17)13(19)18-6)7-2-3-10(14)12(16)11(7)15/h2-4H,1H3,(H,18,19). The van der Waals surface area contributed by atoms with Gasteiger partial charge in [-0.05, 0) is 25.1 Å². The van der Waals surface area contributed by atoms with E-state index in [1.807, 2.05) is 0 Å². The van der Waals surface area contributed by atoms with Gasteiger partial charge < -0.3 is 4.98 Å². The van der Waals surface area contributed by atoms with Crippen LogP contribution in [0, 0.1) is 29.9 Å². The minimum absolute atomic E-state index is 0.0387. The Bertz CT molecular complexity index is 762. The van der Waals surface area contributed by atoms with Crippen molar-refractivity contribution >= 4 is 11.6 Å². The van der Waals surface area contributed by atoms with Crippen molar-refractivity contribution in [2.24, 2.45) is 0 Å². The number of nitrogens with one attached hydrogen (secondary N) is 1. The van der Waals surface area contributed by atoms with E-state index in [4.69, 9.17) is 16.9 Å². The number of hydrogen-bond donors (Lipinski definition) is 1. The minimum atomic E-state index is -1.21. The van der Waals surface area contributed by atoms with Gasteiger partial charge in [0.25, 0.3) is 5.56 Å². The third-order valence-corrected chi connectivity index (χ3v) is 2.90. The van der Waals surface area contributed by atoms with Crippen molar-refractivity contribution in [3.63, 3.8) is 0 Å². The zero-order valence-electron chi connectivity index (χ0n) is 9.72. The molecule has 6 heteroatoms. The molecule has 19 heavy (non-hydrogen) atoms. The van der Waals surface area contributed by atoms with Gasteiger partial charge in [-0.1, -0.05) is 11.6 Å². The van der Waals surface area contributed by atoms with E-state index in [0.717, 1.165) is 0 Å². The molecule has 1 aromatic heterocycles. The summed E-state index contributed by atoms with van der Waals surface area (Å²) in [5, 5.41) is 8.59. The fraction of sp³-hybridized carbons (Fsp3) is 0.0769. The highest BCUT2D eigenvalue weighted by molar-refractivity contribution is 6.30. The van der Waals surface area contributed by atoms with Gasteiger partial charge in [0, 0.05) is 16.8 Å². The molecule has 0 saturated carbocycles. The van der Waals surface area contributed by atoms with Crippen LogP contribution in [0.15, 0.2) is 23.0 Å². The fourth-order valence-electron chi connectivity index (χ4n) is 1.75. The number of nitriles is 1. The second-order valence-electron chi connectivity index (χ2n) is 3.90. The number of aromatic nitrogens is 1. The molecule has 0 spiro atoms. The van der Waals surface area contributed by atoms with Gasteiger partial charge in [0.2, 0.25) is 0 Å². The van der Waals surface area contributed by atoms with Gasteiger partial charge in [0.15, 0.2) is 11.6 Å². The summed E-state index contributed by atoms with van der Waals surface area (Å²) < 4.78 is 27.3. The molecule has 2 aromatic rings. The predicted octanol–water partition coefficient (Wildman–Crippen LogP) is 3.15. The zero-order chi connectivity index (χ0) is 14.2. The van der Waals surface area contributed by atoms with Gasteiger partial charge in [0.05, 0.1) is 5.02 Å². The lowest BCUT2D eigenvalue weighted by atomic mass is 10.0. The van der Waals surface area contributed by atoms with E-state index in [-0.39, 0.29) is 21.7 Å². The van der Waals surface area contributed by atoms with E-state index in [1.54, 1.807) is 13.0 Å². The van der Waals surface area contributed by atoms with Gasteiger partial charge >= 0.3 is 0 Å². The van der Waals surface area contributed by atoms with Crippen molar-refractivity contribution in [1.82, 2.24) is 4.98 Å². The molecule has 2 rings (SSSR count).